The molecule has 0 aliphatic rings. The fourth-order valence-corrected chi connectivity index (χ4v) is 2.98. The van der Waals surface area contributed by atoms with Crippen molar-refractivity contribution in [2.24, 2.45) is 0 Å². The Morgan fingerprint density at radius 1 is 0.778 bits per heavy atom. The second kappa shape index (κ2) is 8.52. The van der Waals surface area contributed by atoms with Crippen LogP contribution in [0.2, 0.25) is 5.02 Å². The monoisotopic (exact) mass is 378 g/mol. The van der Waals surface area contributed by atoms with Crippen LogP contribution in [0.4, 0.5) is 5.69 Å². The smallest absolute Gasteiger partial charge is 0.255 e. The minimum atomic E-state index is -0.219. The fraction of sp³-hybridized carbons (Fsp3) is 0.0909. The molecule has 0 spiro atoms. The molecule has 2 amide bonds. The van der Waals surface area contributed by atoms with E-state index in [0.29, 0.717) is 21.8 Å². The molecule has 1 unspecified atom stereocenters. The number of benzene rings is 3. The summed E-state index contributed by atoms with van der Waals surface area (Å²) in [6, 6.07) is 22.9. The van der Waals surface area contributed by atoms with Crippen molar-refractivity contribution in [3.05, 3.63) is 101 Å². The summed E-state index contributed by atoms with van der Waals surface area (Å²) in [4.78, 5) is 24.6. The van der Waals surface area contributed by atoms with Gasteiger partial charge in [-0.05, 0) is 55.0 Å². The van der Waals surface area contributed by atoms with E-state index in [9.17, 15) is 9.59 Å². The Hall–Kier alpha value is -3.11. The Balaban J connectivity index is 1.64. The number of carbonyl (C=O) groups is 2. The van der Waals surface area contributed by atoms with E-state index in [1.165, 1.54) is 0 Å². The molecular formula is C22H19ClN2O2. The van der Waals surface area contributed by atoms with Crippen molar-refractivity contribution in [1.82, 2.24) is 5.32 Å². The number of rotatable bonds is 5. The van der Waals surface area contributed by atoms with Gasteiger partial charge in [0, 0.05) is 21.8 Å². The molecule has 0 fully saturated rings. The predicted molar refractivity (Wildman–Crippen MR) is 108 cm³/mol. The maximum absolute atomic E-state index is 12.5. The standard InChI is InChI=1S/C22H19ClN2O2/c1-15(19-9-5-6-10-20(19)23)24-21(26)17-11-13-18(14-12-17)25-22(27)16-7-3-2-4-8-16/h2-15H,1H3,(H,24,26)(H,25,27). The minimum Gasteiger partial charge on any atom is -0.345 e. The Bertz CT molecular complexity index is 940. The average Bonchev–Trinajstić information content (AvgIpc) is 2.69. The van der Waals surface area contributed by atoms with E-state index < -0.39 is 0 Å². The lowest BCUT2D eigenvalue weighted by molar-refractivity contribution is 0.0939. The third-order valence-electron chi connectivity index (χ3n) is 4.16. The van der Waals surface area contributed by atoms with Crippen molar-refractivity contribution in [1.29, 1.82) is 0 Å². The highest BCUT2D eigenvalue weighted by Crippen LogP contribution is 2.22. The van der Waals surface area contributed by atoms with Crippen molar-refractivity contribution < 1.29 is 9.59 Å². The molecular weight excluding hydrogens is 360 g/mol. The maximum atomic E-state index is 12.5. The van der Waals surface area contributed by atoms with Gasteiger partial charge in [-0.3, -0.25) is 9.59 Å². The van der Waals surface area contributed by atoms with Crippen LogP contribution >= 0.6 is 11.6 Å². The van der Waals surface area contributed by atoms with E-state index in [2.05, 4.69) is 10.6 Å². The van der Waals surface area contributed by atoms with E-state index >= 15 is 0 Å². The molecule has 1 atom stereocenters. The van der Waals surface area contributed by atoms with E-state index in [0.717, 1.165) is 5.56 Å². The average molecular weight is 379 g/mol. The first-order chi connectivity index (χ1) is 13.0. The number of hydrogen-bond acceptors (Lipinski definition) is 2. The van der Waals surface area contributed by atoms with Crippen LogP contribution in [0.5, 0.6) is 0 Å². The number of hydrogen-bond donors (Lipinski definition) is 2. The first kappa shape index (κ1) is 18.7. The van der Waals surface area contributed by atoms with Crippen molar-refractivity contribution in [2.75, 3.05) is 5.32 Å². The molecule has 136 valence electrons. The number of amides is 2. The highest BCUT2D eigenvalue weighted by atomic mass is 35.5. The largest absolute Gasteiger partial charge is 0.345 e. The number of carbonyl (C=O) groups excluding carboxylic acids is 2. The summed E-state index contributed by atoms with van der Waals surface area (Å²) in [5.41, 5.74) is 2.57. The SMILES string of the molecule is CC(NC(=O)c1ccc(NC(=O)c2ccccc2)cc1)c1ccccc1Cl. The number of halogens is 1. The minimum absolute atomic E-state index is 0.194. The van der Waals surface area contributed by atoms with Crippen LogP contribution in [0, 0.1) is 0 Å². The van der Waals surface area contributed by atoms with Gasteiger partial charge in [0.2, 0.25) is 0 Å². The predicted octanol–water partition coefficient (Wildman–Crippen LogP) is 5.08. The summed E-state index contributed by atoms with van der Waals surface area (Å²) >= 11 is 6.18. The molecule has 0 aromatic heterocycles. The summed E-state index contributed by atoms with van der Waals surface area (Å²) in [6.45, 7) is 1.88. The molecule has 2 N–H and O–H groups in total. The van der Waals surface area contributed by atoms with E-state index in [1.54, 1.807) is 42.5 Å². The summed E-state index contributed by atoms with van der Waals surface area (Å²) in [5, 5.41) is 6.35. The molecule has 3 aromatic carbocycles. The molecule has 0 aliphatic heterocycles. The van der Waals surface area contributed by atoms with Gasteiger partial charge in [-0.25, -0.2) is 0 Å². The third kappa shape index (κ3) is 4.74. The summed E-state index contributed by atoms with van der Waals surface area (Å²) in [7, 11) is 0. The van der Waals surface area contributed by atoms with Crippen LogP contribution in [0.25, 0.3) is 0 Å². The van der Waals surface area contributed by atoms with Gasteiger partial charge in [-0.15, -0.1) is 0 Å². The summed E-state index contributed by atoms with van der Waals surface area (Å²) in [6.07, 6.45) is 0. The van der Waals surface area contributed by atoms with Gasteiger partial charge in [0.05, 0.1) is 6.04 Å². The topological polar surface area (TPSA) is 58.2 Å². The van der Waals surface area contributed by atoms with Gasteiger partial charge in [-0.1, -0.05) is 48.0 Å². The molecule has 0 heterocycles. The molecule has 3 rings (SSSR count). The summed E-state index contributed by atoms with van der Waals surface area (Å²) < 4.78 is 0. The number of nitrogens with one attached hydrogen (secondary N) is 2. The van der Waals surface area contributed by atoms with Gasteiger partial charge in [0.1, 0.15) is 0 Å². The molecule has 0 saturated heterocycles. The molecule has 0 saturated carbocycles. The lowest BCUT2D eigenvalue weighted by Gasteiger charge is -2.16. The van der Waals surface area contributed by atoms with E-state index in [-0.39, 0.29) is 17.9 Å². The fourth-order valence-electron chi connectivity index (χ4n) is 2.68. The second-order valence-corrected chi connectivity index (χ2v) is 6.52. The molecule has 0 bridgehead atoms. The van der Waals surface area contributed by atoms with Gasteiger partial charge >= 0.3 is 0 Å². The zero-order chi connectivity index (χ0) is 19.2. The quantitative estimate of drug-likeness (QED) is 0.650. The van der Waals surface area contributed by atoms with Crippen molar-refractivity contribution in [2.45, 2.75) is 13.0 Å². The van der Waals surface area contributed by atoms with Crippen LogP contribution in [-0.4, -0.2) is 11.8 Å². The lowest BCUT2D eigenvalue weighted by Crippen LogP contribution is -2.26. The van der Waals surface area contributed by atoms with Gasteiger partial charge in [0.25, 0.3) is 11.8 Å². The van der Waals surface area contributed by atoms with Crippen LogP contribution < -0.4 is 10.6 Å². The highest BCUT2D eigenvalue weighted by molar-refractivity contribution is 6.31. The van der Waals surface area contributed by atoms with Crippen molar-refractivity contribution in [3.63, 3.8) is 0 Å². The molecule has 0 aliphatic carbocycles. The van der Waals surface area contributed by atoms with Crippen LogP contribution in [0.1, 0.15) is 39.2 Å². The van der Waals surface area contributed by atoms with Crippen molar-refractivity contribution >= 4 is 29.1 Å². The molecule has 5 heteroatoms. The van der Waals surface area contributed by atoms with Crippen LogP contribution in [0.3, 0.4) is 0 Å². The molecule has 0 radical (unpaired) electrons. The zero-order valence-corrected chi connectivity index (χ0v) is 15.5. The van der Waals surface area contributed by atoms with E-state index in [1.807, 2.05) is 43.3 Å². The Kier molecular flexibility index (Phi) is 5.89. The van der Waals surface area contributed by atoms with Gasteiger partial charge < -0.3 is 10.6 Å². The van der Waals surface area contributed by atoms with Crippen LogP contribution in [0.15, 0.2) is 78.9 Å². The lowest BCUT2D eigenvalue weighted by atomic mass is 10.1. The molecule has 4 nitrogen and oxygen atoms in total. The molecule has 3 aromatic rings. The van der Waals surface area contributed by atoms with Gasteiger partial charge in [0.15, 0.2) is 0 Å². The Morgan fingerprint density at radius 3 is 2.04 bits per heavy atom. The third-order valence-corrected chi connectivity index (χ3v) is 4.50. The molecule has 27 heavy (non-hydrogen) atoms. The first-order valence-electron chi connectivity index (χ1n) is 8.56. The maximum Gasteiger partial charge on any atom is 0.255 e. The summed E-state index contributed by atoms with van der Waals surface area (Å²) in [5.74, 6) is -0.400. The van der Waals surface area contributed by atoms with E-state index in [4.69, 9.17) is 11.6 Å². The van der Waals surface area contributed by atoms with Crippen LogP contribution in [-0.2, 0) is 0 Å². The Labute approximate surface area is 163 Å². The highest BCUT2D eigenvalue weighted by Gasteiger charge is 2.14. The number of anilines is 1. The second-order valence-electron chi connectivity index (χ2n) is 6.11. The Morgan fingerprint density at radius 2 is 1.37 bits per heavy atom. The van der Waals surface area contributed by atoms with Crippen molar-refractivity contribution in [3.8, 4) is 0 Å². The normalized spacial score (nSPS) is 11.5. The zero-order valence-electron chi connectivity index (χ0n) is 14.8. The first-order valence-corrected chi connectivity index (χ1v) is 8.94. The van der Waals surface area contributed by atoms with Gasteiger partial charge in [-0.2, -0.15) is 0 Å².